The first-order chi connectivity index (χ1) is 18.5. The Hall–Kier alpha value is -3.54. The molecule has 1 aliphatic carbocycles. The Labute approximate surface area is 230 Å². The molecule has 1 aliphatic heterocycles. The number of H-pyrrole nitrogens is 1. The summed E-state index contributed by atoms with van der Waals surface area (Å²) in [6, 6.07) is 16.4. The number of aryl methyl sites for hydroxylation is 1. The summed E-state index contributed by atoms with van der Waals surface area (Å²) < 4.78 is 7.97. The molecule has 6 rings (SSSR count). The number of furan rings is 1. The molecule has 6 nitrogen and oxygen atoms in total. The van der Waals surface area contributed by atoms with Crippen molar-refractivity contribution in [2.45, 2.75) is 83.6 Å². The van der Waals surface area contributed by atoms with Crippen LogP contribution in [-0.4, -0.2) is 33.4 Å². The minimum Gasteiger partial charge on any atom is -0.456 e. The number of aromatic amines is 1. The minimum absolute atomic E-state index is 0.0731. The highest BCUT2D eigenvalue weighted by Crippen LogP contribution is 2.46. The third-order valence-electron chi connectivity index (χ3n) is 9.29. The summed E-state index contributed by atoms with van der Waals surface area (Å²) in [5.41, 5.74) is 7.48. The van der Waals surface area contributed by atoms with Crippen molar-refractivity contribution in [1.29, 1.82) is 0 Å². The maximum absolute atomic E-state index is 13.3. The second kappa shape index (κ2) is 9.29. The van der Waals surface area contributed by atoms with Crippen LogP contribution in [0.25, 0.3) is 11.0 Å². The first-order valence-electron chi connectivity index (χ1n) is 14.3. The van der Waals surface area contributed by atoms with Gasteiger partial charge in [0.15, 0.2) is 5.76 Å². The van der Waals surface area contributed by atoms with Gasteiger partial charge in [-0.1, -0.05) is 52.0 Å². The molecule has 1 saturated heterocycles. The van der Waals surface area contributed by atoms with Gasteiger partial charge in [-0.25, -0.2) is 4.79 Å². The molecular weight excluding hydrogens is 486 g/mol. The molecule has 6 heteroatoms. The zero-order valence-corrected chi connectivity index (χ0v) is 23.8. The predicted octanol–water partition coefficient (Wildman–Crippen LogP) is 6.65. The van der Waals surface area contributed by atoms with E-state index in [1.807, 2.05) is 45.9 Å². The third kappa shape index (κ3) is 4.54. The number of hydrogen-bond acceptors (Lipinski definition) is 3. The second-order valence-corrected chi connectivity index (χ2v) is 12.9. The Morgan fingerprint density at radius 1 is 0.974 bits per heavy atom. The van der Waals surface area contributed by atoms with Gasteiger partial charge in [0.05, 0.1) is 11.0 Å². The average molecular weight is 526 g/mol. The van der Waals surface area contributed by atoms with E-state index in [1.54, 1.807) is 0 Å². The van der Waals surface area contributed by atoms with E-state index in [4.69, 9.17) is 4.42 Å². The molecule has 0 spiro atoms. The predicted molar refractivity (Wildman–Crippen MR) is 155 cm³/mol. The number of amides is 1. The van der Waals surface area contributed by atoms with Crippen molar-refractivity contribution in [1.82, 2.24) is 14.5 Å². The Balaban J connectivity index is 1.16. The molecule has 2 aromatic carbocycles. The first-order valence-corrected chi connectivity index (χ1v) is 14.3. The standard InChI is InChI=1S/C33H39N3O3/c1-21-18-25-26(33(4,5)15-14-32(25,2)3)20-22(21)19-24-10-11-29(39-24)30(37)35-16-12-23(13-17-35)36-28-9-7-6-8-27(28)34-31(36)38/h6-11,18,20,23H,12-17,19H2,1-5H3,(H,34,38). The highest BCUT2D eigenvalue weighted by atomic mass is 16.4. The topological polar surface area (TPSA) is 71.2 Å². The molecular formula is C33H39N3O3. The summed E-state index contributed by atoms with van der Waals surface area (Å²) in [5.74, 6) is 1.13. The molecule has 0 atom stereocenters. The normalized spacial score (nSPS) is 18.8. The second-order valence-electron chi connectivity index (χ2n) is 12.9. The van der Waals surface area contributed by atoms with Gasteiger partial charge in [0.2, 0.25) is 0 Å². The van der Waals surface area contributed by atoms with Crippen molar-refractivity contribution in [3.05, 3.63) is 92.8 Å². The number of imidazole rings is 1. The lowest BCUT2D eigenvalue weighted by Crippen LogP contribution is -2.40. The number of piperidine rings is 1. The van der Waals surface area contributed by atoms with Crippen molar-refractivity contribution < 1.29 is 9.21 Å². The molecule has 204 valence electrons. The number of rotatable bonds is 4. The fourth-order valence-electron chi connectivity index (χ4n) is 6.65. The number of benzene rings is 2. The molecule has 1 N–H and O–H groups in total. The smallest absolute Gasteiger partial charge is 0.326 e. The molecule has 1 amide bonds. The van der Waals surface area contributed by atoms with E-state index in [0.717, 1.165) is 29.6 Å². The van der Waals surface area contributed by atoms with E-state index in [9.17, 15) is 9.59 Å². The summed E-state index contributed by atoms with van der Waals surface area (Å²) >= 11 is 0. The summed E-state index contributed by atoms with van der Waals surface area (Å²) in [6.07, 6.45) is 4.53. The van der Waals surface area contributed by atoms with Gasteiger partial charge in [-0.2, -0.15) is 0 Å². The zero-order valence-electron chi connectivity index (χ0n) is 23.8. The van der Waals surface area contributed by atoms with E-state index in [2.05, 4.69) is 51.7 Å². The number of aromatic nitrogens is 2. The monoisotopic (exact) mass is 525 g/mol. The van der Waals surface area contributed by atoms with Crippen LogP contribution in [0.1, 0.15) is 98.0 Å². The number of para-hydroxylation sites is 2. The largest absolute Gasteiger partial charge is 0.456 e. The zero-order chi connectivity index (χ0) is 27.5. The van der Waals surface area contributed by atoms with Gasteiger partial charge in [0.1, 0.15) is 5.76 Å². The van der Waals surface area contributed by atoms with Gasteiger partial charge in [-0.15, -0.1) is 0 Å². The van der Waals surface area contributed by atoms with Crippen LogP contribution in [0.2, 0.25) is 0 Å². The van der Waals surface area contributed by atoms with Crippen LogP contribution in [0.4, 0.5) is 0 Å². The van der Waals surface area contributed by atoms with Crippen molar-refractivity contribution >= 4 is 16.9 Å². The summed E-state index contributed by atoms with van der Waals surface area (Å²) in [7, 11) is 0. The van der Waals surface area contributed by atoms with Gasteiger partial charge < -0.3 is 14.3 Å². The number of carbonyl (C=O) groups excluding carboxylic acids is 1. The number of hydrogen-bond donors (Lipinski definition) is 1. The van der Waals surface area contributed by atoms with Crippen LogP contribution >= 0.6 is 0 Å². The van der Waals surface area contributed by atoms with Crippen LogP contribution in [0, 0.1) is 6.92 Å². The molecule has 3 heterocycles. The van der Waals surface area contributed by atoms with Gasteiger partial charge in [0.25, 0.3) is 5.91 Å². The summed E-state index contributed by atoms with van der Waals surface area (Å²) in [6.45, 7) is 12.8. The van der Waals surface area contributed by atoms with E-state index >= 15 is 0 Å². The van der Waals surface area contributed by atoms with Gasteiger partial charge in [-0.3, -0.25) is 9.36 Å². The highest BCUT2D eigenvalue weighted by Gasteiger charge is 2.37. The van der Waals surface area contributed by atoms with Crippen LogP contribution < -0.4 is 5.69 Å². The lowest BCUT2D eigenvalue weighted by molar-refractivity contribution is 0.0661. The molecule has 2 aromatic heterocycles. The lowest BCUT2D eigenvalue weighted by atomic mass is 9.62. The van der Waals surface area contributed by atoms with Crippen LogP contribution in [0.15, 0.2) is 57.7 Å². The Morgan fingerprint density at radius 2 is 1.64 bits per heavy atom. The third-order valence-corrected chi connectivity index (χ3v) is 9.29. The number of fused-ring (bicyclic) bond motifs is 2. The Kier molecular flexibility index (Phi) is 6.12. The van der Waals surface area contributed by atoms with E-state index in [1.165, 1.54) is 35.1 Å². The number of nitrogens with zero attached hydrogens (tertiary/aromatic N) is 2. The van der Waals surface area contributed by atoms with Gasteiger partial charge in [-0.05, 0) is 90.0 Å². The first kappa shape index (κ1) is 25.7. The lowest BCUT2D eigenvalue weighted by Gasteiger charge is -2.42. The van der Waals surface area contributed by atoms with Gasteiger partial charge >= 0.3 is 5.69 Å². The Morgan fingerprint density at radius 3 is 2.36 bits per heavy atom. The Bertz CT molecular complexity index is 1610. The molecule has 0 unspecified atom stereocenters. The van der Waals surface area contributed by atoms with Gasteiger partial charge in [0, 0.05) is 25.6 Å². The van der Waals surface area contributed by atoms with Crippen LogP contribution in [0.5, 0.6) is 0 Å². The number of carbonyl (C=O) groups is 1. The van der Waals surface area contributed by atoms with Crippen molar-refractivity contribution in [3.8, 4) is 0 Å². The molecule has 4 aromatic rings. The maximum Gasteiger partial charge on any atom is 0.326 e. The molecule has 0 bridgehead atoms. The highest BCUT2D eigenvalue weighted by molar-refractivity contribution is 5.91. The molecule has 39 heavy (non-hydrogen) atoms. The van der Waals surface area contributed by atoms with Crippen molar-refractivity contribution in [2.75, 3.05) is 13.1 Å². The number of nitrogens with one attached hydrogen (secondary N) is 1. The fourth-order valence-corrected chi connectivity index (χ4v) is 6.65. The average Bonchev–Trinajstić information content (AvgIpc) is 3.51. The van der Waals surface area contributed by atoms with Crippen LogP contribution in [-0.2, 0) is 17.3 Å². The SMILES string of the molecule is Cc1cc2c(cc1Cc1ccc(C(=O)N3CCC(n4c(=O)[nH]c5ccccc54)CC3)o1)C(C)(C)CCC2(C)C. The van der Waals surface area contributed by atoms with Crippen molar-refractivity contribution in [2.24, 2.45) is 0 Å². The quantitative estimate of drug-likeness (QED) is 0.324. The maximum atomic E-state index is 13.3. The minimum atomic E-state index is -0.0823. The molecule has 1 fully saturated rings. The number of likely N-dealkylation sites (tertiary alicyclic amines) is 1. The van der Waals surface area contributed by atoms with E-state index in [-0.39, 0.29) is 28.5 Å². The van der Waals surface area contributed by atoms with Crippen molar-refractivity contribution in [3.63, 3.8) is 0 Å². The van der Waals surface area contributed by atoms with Crippen LogP contribution in [0.3, 0.4) is 0 Å². The molecule has 0 radical (unpaired) electrons. The van der Waals surface area contributed by atoms with E-state index < -0.39 is 0 Å². The molecule has 0 saturated carbocycles. The fraction of sp³-hybridized carbons (Fsp3) is 0.455. The van der Waals surface area contributed by atoms with E-state index in [0.29, 0.717) is 25.3 Å². The summed E-state index contributed by atoms with van der Waals surface area (Å²) in [5, 5.41) is 0. The summed E-state index contributed by atoms with van der Waals surface area (Å²) in [4.78, 5) is 30.7. The molecule has 2 aliphatic rings.